The molecule has 0 radical (unpaired) electrons. The summed E-state index contributed by atoms with van der Waals surface area (Å²) in [6.07, 6.45) is 1.08. The summed E-state index contributed by atoms with van der Waals surface area (Å²) in [6.45, 7) is 1.65. The molecule has 2 aromatic rings. The summed E-state index contributed by atoms with van der Waals surface area (Å²) in [5.74, 6) is 1.06. The first-order valence-corrected chi connectivity index (χ1v) is 7.67. The lowest BCUT2D eigenvalue weighted by molar-refractivity contribution is 0.193. The number of alkyl halides is 1. The molecule has 0 N–H and O–H groups in total. The van der Waals surface area contributed by atoms with Crippen LogP contribution in [-0.4, -0.2) is 31.3 Å². The SMILES string of the molecule is CN(c1nc2ccccc2cc1CBr)C1CCOC1. The predicted octanol–water partition coefficient (Wildman–Crippen LogP) is 3.35. The van der Waals surface area contributed by atoms with Gasteiger partial charge in [0.25, 0.3) is 0 Å². The summed E-state index contributed by atoms with van der Waals surface area (Å²) >= 11 is 3.57. The van der Waals surface area contributed by atoms with Crippen molar-refractivity contribution in [1.29, 1.82) is 0 Å². The van der Waals surface area contributed by atoms with Crippen molar-refractivity contribution in [2.24, 2.45) is 0 Å². The molecule has 1 aromatic heterocycles. The van der Waals surface area contributed by atoms with E-state index in [4.69, 9.17) is 9.72 Å². The zero-order valence-corrected chi connectivity index (χ0v) is 12.6. The number of hydrogen-bond acceptors (Lipinski definition) is 3. The highest BCUT2D eigenvalue weighted by atomic mass is 79.9. The minimum Gasteiger partial charge on any atom is -0.379 e. The van der Waals surface area contributed by atoms with Gasteiger partial charge in [-0.3, -0.25) is 0 Å². The van der Waals surface area contributed by atoms with Crippen LogP contribution in [-0.2, 0) is 10.1 Å². The number of benzene rings is 1. The van der Waals surface area contributed by atoms with Crippen molar-refractivity contribution >= 4 is 32.7 Å². The van der Waals surface area contributed by atoms with Crippen LogP contribution in [0.25, 0.3) is 10.9 Å². The summed E-state index contributed by atoms with van der Waals surface area (Å²) in [7, 11) is 2.11. The standard InChI is InChI=1S/C15H17BrN2O/c1-18(13-6-7-19-10-13)15-12(9-16)8-11-4-2-3-5-14(11)17-15/h2-5,8,13H,6-7,9-10H2,1H3. The molecular weight excluding hydrogens is 304 g/mol. The quantitative estimate of drug-likeness (QED) is 0.811. The highest BCUT2D eigenvalue weighted by Gasteiger charge is 2.23. The van der Waals surface area contributed by atoms with Gasteiger partial charge in [0, 0.05) is 29.9 Å². The van der Waals surface area contributed by atoms with Crippen molar-refractivity contribution in [3.63, 3.8) is 0 Å². The molecule has 1 saturated heterocycles. The van der Waals surface area contributed by atoms with Gasteiger partial charge in [-0.1, -0.05) is 34.1 Å². The van der Waals surface area contributed by atoms with Gasteiger partial charge in [-0.05, 0) is 18.6 Å². The molecule has 0 bridgehead atoms. The second kappa shape index (κ2) is 5.47. The maximum absolute atomic E-state index is 5.48. The largest absolute Gasteiger partial charge is 0.379 e. The molecule has 1 aromatic carbocycles. The Morgan fingerprint density at radius 2 is 2.26 bits per heavy atom. The van der Waals surface area contributed by atoms with E-state index >= 15 is 0 Å². The molecule has 0 aliphatic carbocycles. The Kier molecular flexibility index (Phi) is 3.71. The first-order chi connectivity index (χ1) is 9.29. The molecule has 4 heteroatoms. The van der Waals surface area contributed by atoms with Crippen LogP contribution < -0.4 is 4.90 Å². The molecule has 3 rings (SSSR count). The fraction of sp³-hybridized carbons (Fsp3) is 0.400. The molecular formula is C15H17BrN2O. The Labute approximate surface area is 121 Å². The van der Waals surface area contributed by atoms with Gasteiger partial charge < -0.3 is 9.64 Å². The molecule has 2 heterocycles. The van der Waals surface area contributed by atoms with Gasteiger partial charge in [0.1, 0.15) is 5.82 Å². The van der Waals surface area contributed by atoms with E-state index in [2.05, 4.69) is 52.1 Å². The van der Waals surface area contributed by atoms with Crippen molar-refractivity contribution in [3.8, 4) is 0 Å². The van der Waals surface area contributed by atoms with Crippen LogP contribution in [0.1, 0.15) is 12.0 Å². The summed E-state index contributed by atoms with van der Waals surface area (Å²) in [5, 5.41) is 2.01. The van der Waals surface area contributed by atoms with Gasteiger partial charge in [0.05, 0.1) is 18.2 Å². The van der Waals surface area contributed by atoms with Crippen molar-refractivity contribution in [2.45, 2.75) is 17.8 Å². The maximum atomic E-state index is 5.48. The number of aromatic nitrogens is 1. The van der Waals surface area contributed by atoms with Crippen molar-refractivity contribution in [3.05, 3.63) is 35.9 Å². The average molecular weight is 321 g/mol. The maximum Gasteiger partial charge on any atom is 0.133 e. The van der Waals surface area contributed by atoms with Crippen LogP contribution in [0.3, 0.4) is 0 Å². The number of halogens is 1. The van der Waals surface area contributed by atoms with Gasteiger partial charge in [-0.15, -0.1) is 0 Å². The van der Waals surface area contributed by atoms with Crippen molar-refractivity contribution < 1.29 is 4.74 Å². The Morgan fingerprint density at radius 3 is 3.00 bits per heavy atom. The van der Waals surface area contributed by atoms with E-state index in [0.717, 1.165) is 36.3 Å². The van der Waals surface area contributed by atoms with Crippen LogP contribution in [0.15, 0.2) is 30.3 Å². The summed E-state index contributed by atoms with van der Waals surface area (Å²) in [4.78, 5) is 7.09. The lowest BCUT2D eigenvalue weighted by Gasteiger charge is -2.26. The summed E-state index contributed by atoms with van der Waals surface area (Å²) in [5.41, 5.74) is 2.28. The zero-order chi connectivity index (χ0) is 13.2. The molecule has 0 saturated carbocycles. The van der Waals surface area contributed by atoms with Gasteiger partial charge in [0.2, 0.25) is 0 Å². The van der Waals surface area contributed by atoms with E-state index in [1.54, 1.807) is 0 Å². The second-order valence-electron chi connectivity index (χ2n) is 4.93. The Balaban J connectivity index is 2.05. The highest BCUT2D eigenvalue weighted by molar-refractivity contribution is 9.08. The molecule has 1 atom stereocenters. The lowest BCUT2D eigenvalue weighted by Crippen LogP contribution is -2.33. The van der Waals surface area contributed by atoms with Crippen LogP contribution in [0.4, 0.5) is 5.82 Å². The van der Waals surface area contributed by atoms with E-state index in [0.29, 0.717) is 6.04 Å². The predicted molar refractivity (Wildman–Crippen MR) is 82.0 cm³/mol. The number of anilines is 1. The third-order valence-corrected chi connectivity index (χ3v) is 4.32. The number of rotatable bonds is 3. The van der Waals surface area contributed by atoms with Gasteiger partial charge in [-0.2, -0.15) is 0 Å². The molecule has 0 amide bonds. The topological polar surface area (TPSA) is 25.4 Å². The Bertz CT molecular complexity index is 581. The molecule has 0 spiro atoms. The first kappa shape index (κ1) is 12.9. The monoisotopic (exact) mass is 320 g/mol. The summed E-state index contributed by atoms with van der Waals surface area (Å²) < 4.78 is 5.48. The zero-order valence-electron chi connectivity index (χ0n) is 11.0. The summed E-state index contributed by atoms with van der Waals surface area (Å²) in [6, 6.07) is 10.9. The van der Waals surface area contributed by atoms with E-state index in [1.165, 1.54) is 10.9 Å². The highest BCUT2D eigenvalue weighted by Crippen LogP contribution is 2.27. The number of para-hydroxylation sites is 1. The van der Waals surface area contributed by atoms with Gasteiger partial charge in [0.15, 0.2) is 0 Å². The Morgan fingerprint density at radius 1 is 1.42 bits per heavy atom. The fourth-order valence-electron chi connectivity index (χ4n) is 2.55. The lowest BCUT2D eigenvalue weighted by atomic mass is 10.1. The Hall–Kier alpha value is -1.13. The fourth-order valence-corrected chi connectivity index (χ4v) is 2.97. The number of ether oxygens (including phenoxy) is 1. The number of likely N-dealkylation sites (N-methyl/N-ethyl adjacent to an activating group) is 1. The number of pyridine rings is 1. The molecule has 1 aliphatic heterocycles. The van der Waals surface area contributed by atoms with Gasteiger partial charge >= 0.3 is 0 Å². The van der Waals surface area contributed by atoms with Crippen LogP contribution in [0.2, 0.25) is 0 Å². The smallest absolute Gasteiger partial charge is 0.133 e. The molecule has 1 unspecified atom stereocenters. The molecule has 1 aliphatic rings. The molecule has 1 fully saturated rings. The number of fused-ring (bicyclic) bond motifs is 1. The van der Waals surface area contributed by atoms with Gasteiger partial charge in [-0.25, -0.2) is 4.98 Å². The second-order valence-corrected chi connectivity index (χ2v) is 5.49. The first-order valence-electron chi connectivity index (χ1n) is 6.55. The normalized spacial score (nSPS) is 18.9. The molecule has 100 valence electrons. The molecule has 19 heavy (non-hydrogen) atoms. The van der Waals surface area contributed by atoms with Crippen molar-refractivity contribution in [1.82, 2.24) is 4.98 Å². The third kappa shape index (κ3) is 2.47. The minimum absolute atomic E-state index is 0.437. The number of hydrogen-bond donors (Lipinski definition) is 0. The van der Waals surface area contributed by atoms with Crippen LogP contribution in [0, 0.1) is 0 Å². The number of nitrogens with zero attached hydrogens (tertiary/aromatic N) is 2. The van der Waals surface area contributed by atoms with E-state index in [1.807, 2.05) is 6.07 Å². The van der Waals surface area contributed by atoms with E-state index in [-0.39, 0.29) is 0 Å². The van der Waals surface area contributed by atoms with E-state index < -0.39 is 0 Å². The average Bonchev–Trinajstić information content (AvgIpc) is 2.99. The minimum atomic E-state index is 0.437. The van der Waals surface area contributed by atoms with E-state index in [9.17, 15) is 0 Å². The van der Waals surface area contributed by atoms with Crippen LogP contribution in [0.5, 0.6) is 0 Å². The molecule has 3 nitrogen and oxygen atoms in total. The third-order valence-electron chi connectivity index (χ3n) is 3.71. The van der Waals surface area contributed by atoms with Crippen molar-refractivity contribution in [2.75, 3.05) is 25.2 Å². The van der Waals surface area contributed by atoms with Crippen LogP contribution >= 0.6 is 15.9 Å².